The van der Waals surface area contributed by atoms with Crippen LogP contribution in [0.1, 0.15) is 12.0 Å². The van der Waals surface area contributed by atoms with Gasteiger partial charge >= 0.3 is 0 Å². The predicted octanol–water partition coefficient (Wildman–Crippen LogP) is 2.10. The molecule has 0 bridgehead atoms. The van der Waals surface area contributed by atoms with Gasteiger partial charge < -0.3 is 15.1 Å². The van der Waals surface area contributed by atoms with Crippen molar-refractivity contribution in [2.75, 3.05) is 44.7 Å². The first-order valence-electron chi connectivity index (χ1n) is 6.94. The highest BCUT2D eigenvalue weighted by Gasteiger charge is 2.20. The molecule has 0 saturated carbocycles. The van der Waals surface area contributed by atoms with E-state index in [1.54, 1.807) is 0 Å². The summed E-state index contributed by atoms with van der Waals surface area (Å²) in [6.45, 7) is 6.38. The fraction of sp³-hybridized carbons (Fsp3) is 0.533. The maximum Gasteiger partial charge on any atom is 0.223 e. The largest absolute Gasteiger partial charge is 0.368 e. The van der Waals surface area contributed by atoms with E-state index in [1.165, 1.54) is 11.3 Å². The fourth-order valence-corrected chi connectivity index (χ4v) is 2.43. The molecule has 1 aromatic carbocycles. The Labute approximate surface area is 139 Å². The Hall–Kier alpha value is -0.970. The standard InChI is InChI=1S/C15H23N3O.2ClH/c1-13-4-3-5-14(12-13)17-8-10-18(11-9-17)15(19)6-7-16-2;;/h3-5,12,16H,6-11H2,1-2H3;2*1H. The van der Waals surface area contributed by atoms with E-state index in [4.69, 9.17) is 0 Å². The zero-order valence-electron chi connectivity index (χ0n) is 12.7. The number of amides is 1. The second-order valence-electron chi connectivity index (χ2n) is 5.06. The summed E-state index contributed by atoms with van der Waals surface area (Å²) in [5.74, 6) is 0.262. The Bertz CT molecular complexity index is 435. The van der Waals surface area contributed by atoms with Crippen LogP contribution < -0.4 is 10.2 Å². The van der Waals surface area contributed by atoms with E-state index in [0.717, 1.165) is 32.7 Å². The lowest BCUT2D eigenvalue weighted by atomic mass is 10.2. The van der Waals surface area contributed by atoms with Crippen LogP contribution >= 0.6 is 24.8 Å². The lowest BCUT2D eigenvalue weighted by molar-refractivity contribution is -0.131. The summed E-state index contributed by atoms with van der Waals surface area (Å²) >= 11 is 0. The number of halogens is 2. The van der Waals surface area contributed by atoms with Gasteiger partial charge in [0.25, 0.3) is 0 Å². The monoisotopic (exact) mass is 333 g/mol. The third kappa shape index (κ3) is 5.73. The molecule has 1 aliphatic rings. The number of nitrogens with one attached hydrogen (secondary N) is 1. The van der Waals surface area contributed by atoms with Crippen LogP contribution in [-0.2, 0) is 4.79 Å². The molecule has 1 N–H and O–H groups in total. The van der Waals surface area contributed by atoms with Crippen LogP contribution in [-0.4, -0.2) is 50.6 Å². The maximum atomic E-state index is 11.9. The average Bonchev–Trinajstić information content (AvgIpc) is 2.45. The van der Waals surface area contributed by atoms with E-state index >= 15 is 0 Å². The minimum atomic E-state index is 0. The van der Waals surface area contributed by atoms with Gasteiger partial charge in [0.2, 0.25) is 5.91 Å². The number of rotatable bonds is 4. The molecule has 0 aromatic heterocycles. The number of carbonyl (C=O) groups is 1. The highest BCUT2D eigenvalue weighted by atomic mass is 35.5. The van der Waals surface area contributed by atoms with Gasteiger partial charge in [0.05, 0.1) is 0 Å². The Balaban J connectivity index is 0.00000200. The zero-order chi connectivity index (χ0) is 13.7. The van der Waals surface area contributed by atoms with E-state index in [9.17, 15) is 4.79 Å². The first-order valence-corrected chi connectivity index (χ1v) is 6.94. The van der Waals surface area contributed by atoms with Gasteiger partial charge in [-0.15, -0.1) is 24.8 Å². The molecule has 1 aromatic rings. The first-order chi connectivity index (χ1) is 9.20. The molecule has 120 valence electrons. The van der Waals surface area contributed by atoms with Crippen LogP contribution in [0.25, 0.3) is 0 Å². The molecule has 21 heavy (non-hydrogen) atoms. The van der Waals surface area contributed by atoms with Crippen LogP contribution in [0.5, 0.6) is 0 Å². The Morgan fingerprint density at radius 3 is 2.43 bits per heavy atom. The molecular weight excluding hydrogens is 309 g/mol. The van der Waals surface area contributed by atoms with E-state index in [1.807, 2.05) is 11.9 Å². The predicted molar refractivity (Wildman–Crippen MR) is 93.0 cm³/mol. The van der Waals surface area contributed by atoms with E-state index < -0.39 is 0 Å². The third-order valence-corrected chi connectivity index (χ3v) is 3.59. The fourth-order valence-electron chi connectivity index (χ4n) is 2.43. The number of aryl methyl sites for hydroxylation is 1. The normalized spacial score (nSPS) is 14.2. The van der Waals surface area contributed by atoms with Crippen molar-refractivity contribution in [3.05, 3.63) is 29.8 Å². The first kappa shape index (κ1) is 20.0. The summed E-state index contributed by atoms with van der Waals surface area (Å²) in [5, 5.41) is 3.02. The molecule has 0 aliphatic carbocycles. The van der Waals surface area contributed by atoms with Crippen molar-refractivity contribution in [3.63, 3.8) is 0 Å². The molecule has 0 radical (unpaired) electrons. The number of hydrogen-bond donors (Lipinski definition) is 1. The molecule has 1 amide bonds. The summed E-state index contributed by atoms with van der Waals surface area (Å²) in [6, 6.07) is 8.56. The Morgan fingerprint density at radius 1 is 1.19 bits per heavy atom. The minimum absolute atomic E-state index is 0. The molecule has 6 heteroatoms. The number of anilines is 1. The third-order valence-electron chi connectivity index (χ3n) is 3.59. The molecule has 1 saturated heterocycles. The molecule has 1 heterocycles. The van der Waals surface area contributed by atoms with Gasteiger partial charge in [0.15, 0.2) is 0 Å². The molecule has 0 atom stereocenters. The molecular formula is C15H25Cl2N3O. The molecule has 4 nitrogen and oxygen atoms in total. The smallest absolute Gasteiger partial charge is 0.223 e. The molecule has 2 rings (SSSR count). The lowest BCUT2D eigenvalue weighted by Gasteiger charge is -2.36. The lowest BCUT2D eigenvalue weighted by Crippen LogP contribution is -2.49. The van der Waals surface area contributed by atoms with Crippen LogP contribution in [0.4, 0.5) is 5.69 Å². The summed E-state index contributed by atoms with van der Waals surface area (Å²) in [7, 11) is 1.88. The highest BCUT2D eigenvalue weighted by Crippen LogP contribution is 2.17. The van der Waals surface area contributed by atoms with E-state index in [-0.39, 0.29) is 30.7 Å². The van der Waals surface area contributed by atoms with Crippen molar-refractivity contribution in [2.45, 2.75) is 13.3 Å². The number of piperazine rings is 1. The number of hydrogen-bond acceptors (Lipinski definition) is 3. The van der Waals surface area contributed by atoms with Crippen molar-refractivity contribution < 1.29 is 4.79 Å². The Kier molecular flexibility index (Phi) is 9.42. The summed E-state index contributed by atoms with van der Waals surface area (Å²) in [6.07, 6.45) is 0.598. The van der Waals surface area contributed by atoms with Crippen LogP contribution in [0.3, 0.4) is 0 Å². The summed E-state index contributed by atoms with van der Waals surface area (Å²) in [5.41, 5.74) is 2.55. The second-order valence-corrected chi connectivity index (χ2v) is 5.06. The van der Waals surface area contributed by atoms with Crippen molar-refractivity contribution in [1.82, 2.24) is 10.2 Å². The van der Waals surface area contributed by atoms with Gasteiger partial charge in [0.1, 0.15) is 0 Å². The van der Waals surface area contributed by atoms with Gasteiger partial charge in [0, 0.05) is 44.8 Å². The number of benzene rings is 1. The van der Waals surface area contributed by atoms with E-state index in [0.29, 0.717) is 6.42 Å². The maximum absolute atomic E-state index is 11.9. The quantitative estimate of drug-likeness (QED) is 0.916. The number of carbonyl (C=O) groups excluding carboxylic acids is 1. The second kappa shape index (κ2) is 9.87. The van der Waals surface area contributed by atoms with Crippen LogP contribution in [0.15, 0.2) is 24.3 Å². The van der Waals surface area contributed by atoms with Gasteiger partial charge in [-0.25, -0.2) is 0 Å². The van der Waals surface area contributed by atoms with Crippen LogP contribution in [0, 0.1) is 6.92 Å². The molecule has 1 fully saturated rings. The number of nitrogens with zero attached hydrogens (tertiary/aromatic N) is 2. The van der Waals surface area contributed by atoms with Crippen molar-refractivity contribution in [3.8, 4) is 0 Å². The van der Waals surface area contributed by atoms with Gasteiger partial charge in [-0.3, -0.25) is 4.79 Å². The highest BCUT2D eigenvalue weighted by molar-refractivity contribution is 5.85. The molecule has 0 spiro atoms. The average molecular weight is 334 g/mol. The SMILES string of the molecule is CNCCC(=O)N1CCN(c2cccc(C)c2)CC1.Cl.Cl. The van der Waals surface area contributed by atoms with Gasteiger partial charge in [-0.05, 0) is 31.7 Å². The Morgan fingerprint density at radius 2 is 1.86 bits per heavy atom. The zero-order valence-corrected chi connectivity index (χ0v) is 14.3. The molecule has 0 unspecified atom stereocenters. The topological polar surface area (TPSA) is 35.6 Å². The van der Waals surface area contributed by atoms with Crippen molar-refractivity contribution in [2.24, 2.45) is 0 Å². The van der Waals surface area contributed by atoms with Crippen molar-refractivity contribution >= 4 is 36.4 Å². The van der Waals surface area contributed by atoms with Gasteiger partial charge in [-0.2, -0.15) is 0 Å². The minimum Gasteiger partial charge on any atom is -0.368 e. The van der Waals surface area contributed by atoms with Gasteiger partial charge in [-0.1, -0.05) is 12.1 Å². The van der Waals surface area contributed by atoms with E-state index in [2.05, 4.69) is 41.4 Å². The molecule has 1 aliphatic heterocycles. The summed E-state index contributed by atoms with van der Waals surface area (Å²) in [4.78, 5) is 16.3. The van der Waals surface area contributed by atoms with Crippen molar-refractivity contribution in [1.29, 1.82) is 0 Å². The summed E-state index contributed by atoms with van der Waals surface area (Å²) < 4.78 is 0. The van der Waals surface area contributed by atoms with Crippen LogP contribution in [0.2, 0.25) is 0 Å².